The fourth-order valence-electron chi connectivity index (χ4n) is 3.87. The molecule has 0 radical (unpaired) electrons. The lowest BCUT2D eigenvalue weighted by atomic mass is 10.0. The van der Waals surface area contributed by atoms with Gasteiger partial charge in [0.05, 0.1) is 21.7 Å². The minimum atomic E-state index is -4.09. The molecule has 3 rings (SSSR count). The quantitative estimate of drug-likeness (QED) is 0.284. The summed E-state index contributed by atoms with van der Waals surface area (Å²) in [4.78, 5) is 53.1. The van der Waals surface area contributed by atoms with Gasteiger partial charge < -0.3 is 14.2 Å². The molecule has 1 saturated heterocycles. The molecule has 1 aliphatic rings. The lowest BCUT2D eigenvalue weighted by Gasteiger charge is -2.33. The second-order valence-electron chi connectivity index (χ2n) is 8.15. The van der Waals surface area contributed by atoms with Gasteiger partial charge in [0.2, 0.25) is 5.91 Å². The number of esters is 1. The number of ether oxygens (including phenoxy) is 1. The molecule has 1 fully saturated rings. The van der Waals surface area contributed by atoms with Gasteiger partial charge in [0.15, 0.2) is 14.6 Å². The maximum atomic E-state index is 12.6. The van der Waals surface area contributed by atoms with Crippen molar-refractivity contribution in [3.8, 4) is 0 Å². The summed E-state index contributed by atoms with van der Waals surface area (Å²) < 4.78 is 31.8. The van der Waals surface area contributed by atoms with Crippen molar-refractivity contribution in [3.05, 3.63) is 33.1 Å². The number of rotatable bonds is 8. The van der Waals surface area contributed by atoms with E-state index in [2.05, 4.69) is 4.99 Å². The number of piperidine rings is 1. The topological polar surface area (TPSA) is 158 Å². The van der Waals surface area contributed by atoms with E-state index in [4.69, 9.17) is 4.74 Å². The Kier molecular flexibility index (Phi) is 8.38. The standard InChI is InChI=1S/C21H26N4O8S2/c1-3-33-20(28)11-24-16-8-7-15(25(29)30)10-17(16)34-21(24)22-18(26)12-35(31,32)13-19(27)23-9-5-4-6-14(23)2/h7-8,10,14H,3-6,9,11-13H2,1-2H3. The Bertz CT molecular complexity index is 1330. The number of hydrogen-bond donors (Lipinski definition) is 0. The molecule has 0 spiro atoms. The molecule has 1 aromatic heterocycles. The maximum Gasteiger partial charge on any atom is 0.326 e. The van der Waals surface area contributed by atoms with Crippen LogP contribution in [0.1, 0.15) is 33.1 Å². The third kappa shape index (κ3) is 6.72. The van der Waals surface area contributed by atoms with Crippen LogP contribution < -0.4 is 4.80 Å². The van der Waals surface area contributed by atoms with E-state index >= 15 is 0 Å². The molecule has 1 atom stereocenters. The van der Waals surface area contributed by atoms with Crippen molar-refractivity contribution in [3.63, 3.8) is 0 Å². The first-order valence-corrected chi connectivity index (χ1v) is 13.7. The summed E-state index contributed by atoms with van der Waals surface area (Å²) in [5.74, 6) is -3.94. The highest BCUT2D eigenvalue weighted by atomic mass is 32.2. The van der Waals surface area contributed by atoms with Gasteiger partial charge in [-0.2, -0.15) is 4.99 Å². The van der Waals surface area contributed by atoms with E-state index in [0.717, 1.165) is 30.6 Å². The molecule has 0 aliphatic carbocycles. The Morgan fingerprint density at radius 1 is 1.26 bits per heavy atom. The Morgan fingerprint density at radius 3 is 2.66 bits per heavy atom. The smallest absolute Gasteiger partial charge is 0.326 e. The second kappa shape index (κ2) is 11.1. The summed E-state index contributed by atoms with van der Waals surface area (Å²) in [6, 6.07) is 3.89. The third-order valence-corrected chi connectivity index (χ3v) is 7.91. The number of hydrogen-bond acceptors (Lipinski definition) is 9. The molecule has 2 aromatic rings. The van der Waals surface area contributed by atoms with Crippen LogP contribution in [0.25, 0.3) is 10.2 Å². The zero-order chi connectivity index (χ0) is 25.8. The molecule has 190 valence electrons. The predicted octanol–water partition coefficient (Wildman–Crippen LogP) is 1.42. The number of benzene rings is 1. The van der Waals surface area contributed by atoms with Gasteiger partial charge >= 0.3 is 5.97 Å². The summed E-state index contributed by atoms with van der Waals surface area (Å²) in [7, 11) is -4.09. The normalized spacial score (nSPS) is 16.9. The highest BCUT2D eigenvalue weighted by molar-refractivity contribution is 7.92. The van der Waals surface area contributed by atoms with Crippen molar-refractivity contribution < 1.29 is 32.5 Å². The summed E-state index contributed by atoms with van der Waals surface area (Å²) >= 11 is 0.900. The van der Waals surface area contributed by atoms with Gasteiger partial charge in [-0.05, 0) is 39.2 Å². The number of amides is 2. The van der Waals surface area contributed by atoms with Gasteiger partial charge in [-0.15, -0.1) is 0 Å². The minimum Gasteiger partial charge on any atom is -0.465 e. The van der Waals surface area contributed by atoms with E-state index < -0.39 is 44.0 Å². The van der Waals surface area contributed by atoms with E-state index in [-0.39, 0.29) is 29.7 Å². The number of carbonyl (C=O) groups excluding carboxylic acids is 3. The molecule has 14 heteroatoms. The maximum absolute atomic E-state index is 12.6. The fraction of sp³-hybridized carbons (Fsp3) is 0.524. The van der Waals surface area contributed by atoms with E-state index in [0.29, 0.717) is 16.8 Å². The first-order chi connectivity index (χ1) is 16.5. The fourth-order valence-corrected chi connectivity index (χ4v) is 6.03. The molecule has 1 unspecified atom stereocenters. The lowest BCUT2D eigenvalue weighted by molar-refractivity contribution is -0.384. The van der Waals surface area contributed by atoms with E-state index in [1.807, 2.05) is 6.92 Å². The van der Waals surface area contributed by atoms with Crippen LogP contribution in [0, 0.1) is 10.1 Å². The second-order valence-corrected chi connectivity index (χ2v) is 11.2. The third-order valence-electron chi connectivity index (χ3n) is 5.50. The molecule has 0 N–H and O–H groups in total. The molecule has 0 saturated carbocycles. The average molecular weight is 527 g/mol. The number of nitrogens with zero attached hydrogens (tertiary/aromatic N) is 4. The van der Waals surface area contributed by atoms with Crippen molar-refractivity contribution in [2.45, 2.75) is 45.7 Å². The number of nitro groups is 1. The molecule has 12 nitrogen and oxygen atoms in total. The molecular weight excluding hydrogens is 500 g/mol. The molecule has 2 amide bonds. The molecule has 0 bridgehead atoms. The Labute approximate surface area is 205 Å². The van der Waals surface area contributed by atoms with E-state index in [1.165, 1.54) is 27.7 Å². The van der Waals surface area contributed by atoms with Crippen LogP contribution in [0.2, 0.25) is 0 Å². The van der Waals surface area contributed by atoms with E-state index in [1.54, 1.807) is 6.92 Å². The summed E-state index contributed by atoms with van der Waals surface area (Å²) in [5, 5.41) is 11.1. The number of carbonyl (C=O) groups is 3. The molecular formula is C21H26N4O8S2. The summed E-state index contributed by atoms with van der Waals surface area (Å²) in [6.45, 7) is 3.77. The first kappa shape index (κ1) is 26.5. The zero-order valence-electron chi connectivity index (χ0n) is 19.3. The van der Waals surface area contributed by atoms with Gasteiger partial charge in [0.1, 0.15) is 18.1 Å². The summed E-state index contributed by atoms with van der Waals surface area (Å²) in [5.41, 5.74) is 0.213. The lowest BCUT2D eigenvalue weighted by Crippen LogP contribution is -2.45. The first-order valence-electron chi connectivity index (χ1n) is 11.0. The summed E-state index contributed by atoms with van der Waals surface area (Å²) in [6.07, 6.45) is 2.57. The largest absolute Gasteiger partial charge is 0.465 e. The number of thiazole rings is 1. The Morgan fingerprint density at radius 2 is 2.00 bits per heavy atom. The molecule has 1 aromatic carbocycles. The Balaban J connectivity index is 1.87. The average Bonchev–Trinajstić information content (AvgIpc) is 3.09. The highest BCUT2D eigenvalue weighted by Gasteiger charge is 2.28. The minimum absolute atomic E-state index is 0.00951. The van der Waals surface area contributed by atoms with Crippen LogP contribution in [0.5, 0.6) is 0 Å². The number of aromatic nitrogens is 1. The van der Waals surface area contributed by atoms with Crippen molar-refractivity contribution in [1.29, 1.82) is 0 Å². The molecule has 35 heavy (non-hydrogen) atoms. The van der Waals surface area contributed by atoms with Gasteiger partial charge in [-0.1, -0.05) is 11.3 Å². The predicted molar refractivity (Wildman–Crippen MR) is 127 cm³/mol. The van der Waals surface area contributed by atoms with Gasteiger partial charge in [0.25, 0.3) is 11.6 Å². The van der Waals surface area contributed by atoms with Crippen LogP contribution in [-0.4, -0.2) is 71.3 Å². The van der Waals surface area contributed by atoms with Gasteiger partial charge in [-0.3, -0.25) is 24.5 Å². The number of non-ortho nitro benzene ring substituents is 1. The molecule has 2 heterocycles. The number of fused-ring (bicyclic) bond motifs is 1. The molecule has 1 aliphatic heterocycles. The van der Waals surface area contributed by atoms with Crippen molar-refractivity contribution in [1.82, 2.24) is 9.47 Å². The van der Waals surface area contributed by atoms with Crippen LogP contribution in [-0.2, 0) is 35.5 Å². The van der Waals surface area contributed by atoms with Crippen molar-refractivity contribution >= 4 is 54.9 Å². The number of likely N-dealkylation sites (tertiary alicyclic amines) is 1. The van der Waals surface area contributed by atoms with Crippen molar-refractivity contribution in [2.24, 2.45) is 4.99 Å². The number of nitro benzene ring substituents is 1. The van der Waals surface area contributed by atoms with Crippen molar-refractivity contribution in [2.75, 3.05) is 24.7 Å². The SMILES string of the molecule is CCOC(=O)Cn1c(=NC(=O)CS(=O)(=O)CC(=O)N2CCCCC2C)sc2cc([N+](=O)[O-])ccc21. The number of sulfone groups is 1. The monoisotopic (exact) mass is 526 g/mol. The Hall–Kier alpha value is -3.13. The zero-order valence-corrected chi connectivity index (χ0v) is 21.0. The van der Waals surface area contributed by atoms with Crippen LogP contribution in [0.15, 0.2) is 23.2 Å². The van der Waals surface area contributed by atoms with Crippen LogP contribution in [0.4, 0.5) is 5.69 Å². The van der Waals surface area contributed by atoms with Crippen LogP contribution >= 0.6 is 11.3 Å². The van der Waals surface area contributed by atoms with Crippen LogP contribution in [0.3, 0.4) is 0 Å². The highest BCUT2D eigenvalue weighted by Crippen LogP contribution is 2.23. The van der Waals surface area contributed by atoms with E-state index in [9.17, 15) is 32.9 Å². The van der Waals surface area contributed by atoms with Gasteiger partial charge in [-0.25, -0.2) is 8.42 Å². The van der Waals surface area contributed by atoms with Gasteiger partial charge in [0, 0.05) is 24.7 Å².